The van der Waals surface area contributed by atoms with Crippen LogP contribution in [0, 0.1) is 13.8 Å². The van der Waals surface area contributed by atoms with Crippen molar-refractivity contribution >= 4 is 16.9 Å². The second-order valence-electron chi connectivity index (χ2n) is 7.80. The first kappa shape index (κ1) is 16.7. The Morgan fingerprint density at radius 3 is 2.74 bits per heavy atom. The molecule has 0 aliphatic carbocycles. The van der Waals surface area contributed by atoms with E-state index in [2.05, 4.69) is 45.3 Å². The van der Waals surface area contributed by atoms with Crippen molar-refractivity contribution in [1.82, 2.24) is 25.3 Å². The summed E-state index contributed by atoms with van der Waals surface area (Å²) in [6.45, 7) is 8.06. The minimum atomic E-state index is 0.494. The molecule has 6 heteroatoms. The maximum atomic E-state index is 4.91. The second kappa shape index (κ2) is 6.60. The van der Waals surface area contributed by atoms with Crippen molar-refractivity contribution in [2.24, 2.45) is 0 Å². The molecule has 0 amide bonds. The molecular formula is C21H26N6. The van der Waals surface area contributed by atoms with Crippen LogP contribution in [-0.2, 0) is 13.0 Å². The van der Waals surface area contributed by atoms with Gasteiger partial charge in [0.2, 0.25) is 0 Å². The maximum absolute atomic E-state index is 4.91. The smallest absolute Gasteiger partial charge is 0.135 e. The summed E-state index contributed by atoms with van der Waals surface area (Å²) in [7, 11) is 0. The van der Waals surface area contributed by atoms with Gasteiger partial charge in [-0.15, -0.1) is 0 Å². The summed E-state index contributed by atoms with van der Waals surface area (Å²) < 4.78 is 0. The molecule has 1 aromatic carbocycles. The number of para-hydroxylation sites is 1. The van der Waals surface area contributed by atoms with Crippen molar-refractivity contribution in [3.63, 3.8) is 0 Å². The number of H-pyrrole nitrogens is 1. The van der Waals surface area contributed by atoms with Gasteiger partial charge in [-0.3, -0.25) is 0 Å². The lowest BCUT2D eigenvalue weighted by Gasteiger charge is -2.34. The number of piperidine rings is 1. The number of benzene rings is 1. The highest BCUT2D eigenvalue weighted by Gasteiger charge is 2.27. The highest BCUT2D eigenvalue weighted by Crippen LogP contribution is 2.32. The Morgan fingerprint density at radius 2 is 1.93 bits per heavy atom. The molecule has 0 unspecified atom stereocenters. The van der Waals surface area contributed by atoms with Gasteiger partial charge < -0.3 is 15.2 Å². The van der Waals surface area contributed by atoms with Gasteiger partial charge in [0.05, 0.1) is 16.7 Å². The lowest BCUT2D eigenvalue weighted by molar-refractivity contribution is 0.484. The van der Waals surface area contributed by atoms with Gasteiger partial charge in [0.1, 0.15) is 17.5 Å². The quantitative estimate of drug-likeness (QED) is 0.733. The monoisotopic (exact) mass is 362 g/mol. The molecule has 2 aliphatic heterocycles. The van der Waals surface area contributed by atoms with Crippen molar-refractivity contribution in [3.05, 3.63) is 46.7 Å². The van der Waals surface area contributed by atoms with Crippen LogP contribution in [0.5, 0.6) is 0 Å². The van der Waals surface area contributed by atoms with E-state index in [1.807, 2.05) is 6.92 Å². The Balaban J connectivity index is 1.37. The van der Waals surface area contributed by atoms with Gasteiger partial charge in [-0.2, -0.15) is 0 Å². The van der Waals surface area contributed by atoms with Gasteiger partial charge in [0.25, 0.3) is 0 Å². The fourth-order valence-corrected chi connectivity index (χ4v) is 4.47. The van der Waals surface area contributed by atoms with E-state index in [9.17, 15) is 0 Å². The van der Waals surface area contributed by atoms with Crippen LogP contribution in [0.4, 0.5) is 5.82 Å². The van der Waals surface area contributed by atoms with Gasteiger partial charge in [-0.05, 0) is 51.3 Å². The summed E-state index contributed by atoms with van der Waals surface area (Å²) in [5.74, 6) is 3.68. The molecule has 140 valence electrons. The third-order valence-electron chi connectivity index (χ3n) is 5.94. The van der Waals surface area contributed by atoms with Gasteiger partial charge >= 0.3 is 0 Å². The lowest BCUT2D eigenvalue weighted by Crippen LogP contribution is -2.36. The lowest BCUT2D eigenvalue weighted by atomic mass is 9.95. The number of hydrogen-bond acceptors (Lipinski definition) is 5. The Hall–Kier alpha value is -2.47. The van der Waals surface area contributed by atoms with Crippen LogP contribution < -0.4 is 10.2 Å². The summed E-state index contributed by atoms with van der Waals surface area (Å²) in [5.41, 5.74) is 6.03. The predicted octanol–water partition coefficient (Wildman–Crippen LogP) is 3.00. The van der Waals surface area contributed by atoms with E-state index >= 15 is 0 Å². The molecule has 2 N–H and O–H groups in total. The van der Waals surface area contributed by atoms with Gasteiger partial charge in [0, 0.05) is 31.1 Å². The number of aryl methyl sites for hydroxylation is 2. The van der Waals surface area contributed by atoms with Crippen LogP contribution in [-0.4, -0.2) is 39.6 Å². The standard InChI is InChI=1S/C21H26N6/c1-13-4-3-5-17-19(13)26-20(25-17)15-7-10-27(11-8-15)21-16-6-9-22-12-18(16)23-14(2)24-21/h3-5,15,22H,6-12H2,1-2H3,(H,25,26). The molecule has 2 aromatic heterocycles. The number of nitrogens with one attached hydrogen (secondary N) is 2. The molecule has 0 saturated carbocycles. The zero-order valence-corrected chi connectivity index (χ0v) is 16.0. The number of imidazole rings is 1. The van der Waals surface area contributed by atoms with Crippen molar-refractivity contribution in [2.45, 2.75) is 45.6 Å². The van der Waals surface area contributed by atoms with E-state index in [0.717, 1.165) is 73.9 Å². The minimum absolute atomic E-state index is 0.494. The van der Waals surface area contributed by atoms with Crippen LogP contribution in [0.3, 0.4) is 0 Å². The first-order valence-electron chi connectivity index (χ1n) is 9.96. The Labute approximate surface area is 159 Å². The maximum Gasteiger partial charge on any atom is 0.135 e. The number of aromatic nitrogens is 4. The molecule has 0 atom stereocenters. The summed E-state index contributed by atoms with van der Waals surface area (Å²) in [6.07, 6.45) is 3.23. The fourth-order valence-electron chi connectivity index (χ4n) is 4.47. The third-order valence-corrected chi connectivity index (χ3v) is 5.94. The van der Waals surface area contributed by atoms with Crippen molar-refractivity contribution in [2.75, 3.05) is 24.5 Å². The zero-order valence-electron chi connectivity index (χ0n) is 16.0. The number of hydrogen-bond donors (Lipinski definition) is 2. The third kappa shape index (κ3) is 2.98. The van der Waals surface area contributed by atoms with E-state index in [1.54, 1.807) is 0 Å². The highest BCUT2D eigenvalue weighted by atomic mass is 15.2. The van der Waals surface area contributed by atoms with Crippen LogP contribution in [0.15, 0.2) is 18.2 Å². The summed E-state index contributed by atoms with van der Waals surface area (Å²) in [5, 5.41) is 3.42. The van der Waals surface area contributed by atoms with E-state index in [1.165, 1.54) is 16.8 Å². The number of fused-ring (bicyclic) bond motifs is 2. The topological polar surface area (TPSA) is 69.7 Å². The molecule has 6 nitrogen and oxygen atoms in total. The van der Waals surface area contributed by atoms with Crippen LogP contribution in [0.2, 0.25) is 0 Å². The Bertz CT molecular complexity index is 984. The zero-order chi connectivity index (χ0) is 18.4. The average molecular weight is 362 g/mol. The molecule has 5 rings (SSSR count). The minimum Gasteiger partial charge on any atom is -0.356 e. The molecule has 1 fully saturated rings. The van der Waals surface area contributed by atoms with Crippen LogP contribution >= 0.6 is 0 Å². The molecule has 2 aliphatic rings. The first-order chi connectivity index (χ1) is 13.2. The number of rotatable bonds is 2. The Morgan fingerprint density at radius 1 is 1.07 bits per heavy atom. The van der Waals surface area contributed by atoms with E-state index in [0.29, 0.717) is 5.92 Å². The van der Waals surface area contributed by atoms with Crippen molar-refractivity contribution < 1.29 is 0 Å². The van der Waals surface area contributed by atoms with Gasteiger partial charge in [-0.1, -0.05) is 12.1 Å². The number of aromatic amines is 1. The van der Waals surface area contributed by atoms with Crippen LogP contribution in [0.25, 0.3) is 11.0 Å². The molecule has 3 aromatic rings. The molecule has 1 saturated heterocycles. The Kier molecular flexibility index (Phi) is 4.08. The van der Waals surface area contributed by atoms with Crippen molar-refractivity contribution in [1.29, 1.82) is 0 Å². The number of anilines is 1. The molecule has 27 heavy (non-hydrogen) atoms. The first-order valence-corrected chi connectivity index (χ1v) is 9.96. The van der Waals surface area contributed by atoms with E-state index in [4.69, 9.17) is 9.97 Å². The summed E-state index contributed by atoms with van der Waals surface area (Å²) in [4.78, 5) is 20.4. The van der Waals surface area contributed by atoms with Crippen molar-refractivity contribution in [3.8, 4) is 0 Å². The normalized spacial score (nSPS) is 18.1. The predicted molar refractivity (Wildman–Crippen MR) is 107 cm³/mol. The summed E-state index contributed by atoms with van der Waals surface area (Å²) in [6, 6.07) is 6.35. The fraction of sp³-hybridized carbons (Fsp3) is 0.476. The molecule has 0 radical (unpaired) electrons. The SMILES string of the molecule is Cc1nc2c(c(N3CCC(c4nc5c(C)cccc5[nH]4)CC3)n1)CCNC2. The average Bonchev–Trinajstić information content (AvgIpc) is 3.13. The van der Waals surface area contributed by atoms with Gasteiger partial charge in [-0.25, -0.2) is 15.0 Å². The highest BCUT2D eigenvalue weighted by molar-refractivity contribution is 5.78. The second-order valence-corrected chi connectivity index (χ2v) is 7.80. The molecule has 0 bridgehead atoms. The molecular weight excluding hydrogens is 336 g/mol. The van der Waals surface area contributed by atoms with Gasteiger partial charge in [0.15, 0.2) is 0 Å². The number of nitrogens with zero attached hydrogens (tertiary/aromatic N) is 4. The molecule has 0 spiro atoms. The van der Waals surface area contributed by atoms with E-state index in [-0.39, 0.29) is 0 Å². The largest absolute Gasteiger partial charge is 0.356 e. The summed E-state index contributed by atoms with van der Waals surface area (Å²) >= 11 is 0. The van der Waals surface area contributed by atoms with Crippen LogP contribution in [0.1, 0.15) is 47.2 Å². The molecule has 4 heterocycles. The van der Waals surface area contributed by atoms with E-state index < -0.39 is 0 Å².